The number of hydrogen-bond acceptors (Lipinski definition) is 4. The predicted molar refractivity (Wildman–Crippen MR) is 45.7 cm³/mol. The van der Waals surface area contributed by atoms with E-state index in [1.165, 1.54) is 4.90 Å². The molecule has 1 amide bonds. The SMILES string of the molecule is CCOC(=O)C1CNCCN1[C]=O. The van der Waals surface area contributed by atoms with Crippen LogP contribution in [0.5, 0.6) is 0 Å². The number of nitrogens with one attached hydrogen (secondary N) is 1. The van der Waals surface area contributed by atoms with E-state index in [2.05, 4.69) is 5.32 Å². The van der Waals surface area contributed by atoms with Crippen LogP contribution in [-0.4, -0.2) is 49.6 Å². The van der Waals surface area contributed by atoms with Crippen molar-refractivity contribution in [2.45, 2.75) is 13.0 Å². The molecule has 13 heavy (non-hydrogen) atoms. The van der Waals surface area contributed by atoms with Crippen LogP contribution in [0, 0.1) is 0 Å². The lowest BCUT2D eigenvalue weighted by Gasteiger charge is -2.30. The Labute approximate surface area is 77.0 Å². The van der Waals surface area contributed by atoms with Gasteiger partial charge >= 0.3 is 12.4 Å². The number of ether oxygens (including phenoxy) is 1. The number of carbonyl (C=O) groups is 1. The molecule has 1 fully saturated rings. The van der Waals surface area contributed by atoms with E-state index in [0.717, 1.165) is 0 Å². The number of carbonyl (C=O) groups excluding carboxylic acids is 2. The summed E-state index contributed by atoms with van der Waals surface area (Å²) in [5, 5.41) is 3.02. The van der Waals surface area contributed by atoms with E-state index in [9.17, 15) is 9.59 Å². The molecular formula is C8H13N2O3. The lowest BCUT2D eigenvalue weighted by Crippen LogP contribution is -2.54. The molecule has 5 nitrogen and oxygen atoms in total. The molecule has 0 aromatic heterocycles. The van der Waals surface area contributed by atoms with Gasteiger partial charge in [-0.2, -0.15) is 0 Å². The number of rotatable bonds is 3. The zero-order valence-corrected chi connectivity index (χ0v) is 7.58. The Hall–Kier alpha value is -1.10. The van der Waals surface area contributed by atoms with Crippen LogP contribution in [0.2, 0.25) is 0 Å². The van der Waals surface area contributed by atoms with Crippen LogP contribution in [0.25, 0.3) is 0 Å². The van der Waals surface area contributed by atoms with E-state index in [4.69, 9.17) is 4.74 Å². The van der Waals surface area contributed by atoms with Gasteiger partial charge in [0.05, 0.1) is 6.61 Å². The van der Waals surface area contributed by atoms with Gasteiger partial charge in [0, 0.05) is 19.6 Å². The molecule has 5 heteroatoms. The second-order valence-electron chi connectivity index (χ2n) is 2.76. The summed E-state index contributed by atoms with van der Waals surface area (Å²) in [4.78, 5) is 23.1. The van der Waals surface area contributed by atoms with Gasteiger partial charge in [0.25, 0.3) is 0 Å². The fraction of sp³-hybridized carbons (Fsp3) is 0.750. The van der Waals surface area contributed by atoms with Crippen LogP contribution in [0.4, 0.5) is 0 Å². The van der Waals surface area contributed by atoms with Crippen molar-refractivity contribution < 1.29 is 14.3 Å². The molecular weight excluding hydrogens is 172 g/mol. The van der Waals surface area contributed by atoms with Crippen molar-refractivity contribution in [1.82, 2.24) is 10.2 Å². The van der Waals surface area contributed by atoms with E-state index >= 15 is 0 Å². The normalized spacial score (nSPS) is 22.5. The fourth-order valence-electron chi connectivity index (χ4n) is 1.26. The van der Waals surface area contributed by atoms with E-state index in [1.807, 2.05) is 0 Å². The van der Waals surface area contributed by atoms with Crippen LogP contribution >= 0.6 is 0 Å². The number of hydrogen-bond donors (Lipinski definition) is 1. The van der Waals surface area contributed by atoms with E-state index in [0.29, 0.717) is 26.2 Å². The molecule has 1 rings (SSSR count). The maximum Gasteiger partial charge on any atom is 0.330 e. The lowest BCUT2D eigenvalue weighted by atomic mass is 10.2. The van der Waals surface area contributed by atoms with Crippen molar-refractivity contribution in [3.63, 3.8) is 0 Å². The van der Waals surface area contributed by atoms with Gasteiger partial charge in [-0.15, -0.1) is 0 Å². The second kappa shape index (κ2) is 4.81. The van der Waals surface area contributed by atoms with Gasteiger partial charge in [0.1, 0.15) is 6.04 Å². The zero-order chi connectivity index (χ0) is 9.68. The smallest absolute Gasteiger partial charge is 0.330 e. The highest BCUT2D eigenvalue weighted by atomic mass is 16.5. The third-order valence-corrected chi connectivity index (χ3v) is 1.92. The van der Waals surface area contributed by atoms with Gasteiger partial charge in [-0.25, -0.2) is 4.79 Å². The Balaban J connectivity index is 2.53. The molecule has 1 heterocycles. The quantitative estimate of drug-likeness (QED) is 0.566. The van der Waals surface area contributed by atoms with Crippen molar-refractivity contribution in [2.75, 3.05) is 26.2 Å². The number of piperazine rings is 1. The minimum atomic E-state index is -0.508. The Morgan fingerprint density at radius 3 is 3.15 bits per heavy atom. The van der Waals surface area contributed by atoms with Gasteiger partial charge < -0.3 is 15.0 Å². The molecule has 1 N–H and O–H groups in total. The van der Waals surface area contributed by atoms with Crippen molar-refractivity contribution in [2.24, 2.45) is 0 Å². The molecule has 1 radical (unpaired) electrons. The summed E-state index contributed by atoms with van der Waals surface area (Å²) in [5.41, 5.74) is 0. The van der Waals surface area contributed by atoms with Crippen molar-refractivity contribution in [3.8, 4) is 0 Å². The first-order valence-corrected chi connectivity index (χ1v) is 4.31. The van der Waals surface area contributed by atoms with Gasteiger partial charge in [0.2, 0.25) is 0 Å². The van der Waals surface area contributed by atoms with Crippen molar-refractivity contribution in [3.05, 3.63) is 0 Å². The van der Waals surface area contributed by atoms with Crippen LogP contribution in [0.15, 0.2) is 0 Å². The minimum absolute atomic E-state index is 0.335. The standard InChI is InChI=1S/C8H13N2O3/c1-2-13-8(12)7-5-9-3-4-10(7)6-11/h7,9H,2-5H2,1H3. The number of nitrogens with zero attached hydrogens (tertiary/aromatic N) is 1. The van der Waals surface area contributed by atoms with Crippen molar-refractivity contribution >= 4 is 12.4 Å². The maximum atomic E-state index is 11.3. The molecule has 0 aromatic rings. The molecule has 0 bridgehead atoms. The summed E-state index contributed by atoms with van der Waals surface area (Å²) in [6, 6.07) is -0.508. The topological polar surface area (TPSA) is 58.6 Å². The summed E-state index contributed by atoms with van der Waals surface area (Å²) in [6.07, 6.45) is 1.74. The van der Waals surface area contributed by atoms with Crippen LogP contribution in [-0.2, 0) is 14.3 Å². The summed E-state index contributed by atoms with van der Waals surface area (Å²) >= 11 is 0. The van der Waals surface area contributed by atoms with E-state index in [1.54, 1.807) is 13.3 Å². The first-order chi connectivity index (χ1) is 6.29. The average Bonchev–Trinajstić information content (AvgIpc) is 2.18. The molecule has 0 saturated carbocycles. The summed E-state index contributed by atoms with van der Waals surface area (Å²) in [6.45, 7) is 3.73. The lowest BCUT2D eigenvalue weighted by molar-refractivity contribution is -0.148. The first kappa shape index (κ1) is 9.98. The largest absolute Gasteiger partial charge is 0.464 e. The predicted octanol–water partition coefficient (Wildman–Crippen LogP) is -1.11. The van der Waals surface area contributed by atoms with E-state index in [-0.39, 0.29) is 5.97 Å². The molecule has 73 valence electrons. The summed E-state index contributed by atoms with van der Waals surface area (Å²) in [5.74, 6) is -0.363. The van der Waals surface area contributed by atoms with Crippen LogP contribution in [0.3, 0.4) is 0 Å². The highest BCUT2D eigenvalue weighted by molar-refractivity contribution is 5.78. The second-order valence-corrected chi connectivity index (χ2v) is 2.76. The van der Waals surface area contributed by atoms with Gasteiger partial charge in [0.15, 0.2) is 0 Å². The highest BCUT2D eigenvalue weighted by Crippen LogP contribution is 2.02. The first-order valence-electron chi connectivity index (χ1n) is 4.31. The zero-order valence-electron chi connectivity index (χ0n) is 7.58. The number of amides is 1. The molecule has 1 aliphatic rings. The summed E-state index contributed by atoms with van der Waals surface area (Å²) < 4.78 is 4.81. The minimum Gasteiger partial charge on any atom is -0.464 e. The Kier molecular flexibility index (Phi) is 3.70. The summed E-state index contributed by atoms with van der Waals surface area (Å²) in [7, 11) is 0. The molecule has 1 saturated heterocycles. The molecule has 1 aliphatic heterocycles. The number of esters is 1. The molecule has 0 spiro atoms. The van der Waals surface area contributed by atoms with Gasteiger partial charge in [-0.1, -0.05) is 0 Å². The van der Waals surface area contributed by atoms with Gasteiger partial charge in [-0.3, -0.25) is 4.79 Å². The van der Waals surface area contributed by atoms with Crippen molar-refractivity contribution in [1.29, 1.82) is 0 Å². The Morgan fingerprint density at radius 1 is 1.77 bits per heavy atom. The average molecular weight is 185 g/mol. The van der Waals surface area contributed by atoms with Crippen LogP contribution < -0.4 is 5.32 Å². The monoisotopic (exact) mass is 185 g/mol. The maximum absolute atomic E-state index is 11.3. The fourth-order valence-corrected chi connectivity index (χ4v) is 1.26. The van der Waals surface area contributed by atoms with Gasteiger partial charge in [-0.05, 0) is 6.92 Å². The highest BCUT2D eigenvalue weighted by Gasteiger charge is 2.28. The molecule has 1 unspecified atom stereocenters. The Morgan fingerprint density at radius 2 is 2.54 bits per heavy atom. The molecule has 1 atom stereocenters. The third-order valence-electron chi connectivity index (χ3n) is 1.92. The molecule has 0 aliphatic carbocycles. The third kappa shape index (κ3) is 2.42. The molecule has 0 aromatic carbocycles. The van der Waals surface area contributed by atoms with Crippen LogP contribution in [0.1, 0.15) is 6.92 Å². The Bertz CT molecular complexity index is 196. The van der Waals surface area contributed by atoms with E-state index < -0.39 is 6.04 Å².